The molecule has 0 aliphatic carbocycles. The largest absolute Gasteiger partial charge is 0.506 e. The van der Waals surface area contributed by atoms with Crippen molar-refractivity contribution in [2.24, 2.45) is 0 Å². The lowest BCUT2D eigenvalue weighted by Gasteiger charge is -2.22. The van der Waals surface area contributed by atoms with Crippen molar-refractivity contribution >= 4 is 17.3 Å². The Bertz CT molecular complexity index is 843. The lowest BCUT2D eigenvalue weighted by Crippen LogP contribution is -2.16. The number of nitriles is 1. The maximum Gasteiger partial charge on any atom is 0.267 e. The summed E-state index contributed by atoms with van der Waals surface area (Å²) in [7, 11) is 0. The van der Waals surface area contributed by atoms with Gasteiger partial charge in [0.05, 0.1) is 5.69 Å². The first-order valence-corrected chi connectivity index (χ1v) is 7.88. The first-order valence-electron chi connectivity index (χ1n) is 7.88. The van der Waals surface area contributed by atoms with Gasteiger partial charge < -0.3 is 15.7 Å². The minimum atomic E-state index is -0.593. The minimum absolute atomic E-state index is 0.0563. The number of rotatable bonds is 4. The molecule has 5 heteroatoms. The third-order valence-electron chi connectivity index (χ3n) is 3.62. The number of carbonyl (C=O) groups is 1. The van der Waals surface area contributed by atoms with Gasteiger partial charge in [-0.2, -0.15) is 5.26 Å². The highest BCUT2D eigenvalue weighted by Crippen LogP contribution is 2.29. The number of benzene rings is 2. The fourth-order valence-corrected chi connectivity index (χ4v) is 2.33. The summed E-state index contributed by atoms with van der Waals surface area (Å²) in [6, 6.07) is 16.0. The Balaban J connectivity index is 2.21. The number of hydrogen-bond acceptors (Lipinski definition) is 4. The second-order valence-corrected chi connectivity index (χ2v) is 6.58. The van der Waals surface area contributed by atoms with Crippen LogP contribution in [-0.2, 0) is 10.2 Å². The van der Waals surface area contributed by atoms with Crippen LogP contribution in [0.5, 0.6) is 5.75 Å². The molecule has 0 aliphatic rings. The number of nitrogens with one attached hydrogen (secondary N) is 2. The zero-order valence-corrected chi connectivity index (χ0v) is 14.5. The summed E-state index contributed by atoms with van der Waals surface area (Å²) in [5.74, 6) is -0.649. The van der Waals surface area contributed by atoms with Crippen LogP contribution >= 0.6 is 0 Å². The predicted molar refractivity (Wildman–Crippen MR) is 99.2 cm³/mol. The van der Waals surface area contributed by atoms with E-state index in [-0.39, 0.29) is 22.4 Å². The zero-order chi connectivity index (χ0) is 18.4. The van der Waals surface area contributed by atoms with Crippen molar-refractivity contribution in [1.29, 1.82) is 5.26 Å². The summed E-state index contributed by atoms with van der Waals surface area (Å²) in [5.41, 5.74) is 1.99. The Morgan fingerprint density at radius 2 is 1.68 bits per heavy atom. The third-order valence-corrected chi connectivity index (χ3v) is 3.62. The number of aromatic hydroxyl groups is 1. The van der Waals surface area contributed by atoms with Crippen molar-refractivity contribution in [2.75, 3.05) is 10.6 Å². The van der Waals surface area contributed by atoms with Gasteiger partial charge in [0.25, 0.3) is 5.91 Å². The van der Waals surface area contributed by atoms with E-state index in [9.17, 15) is 15.2 Å². The highest BCUT2D eigenvalue weighted by Gasteiger charge is 2.17. The van der Waals surface area contributed by atoms with Crippen LogP contribution < -0.4 is 10.6 Å². The average molecular weight is 335 g/mol. The van der Waals surface area contributed by atoms with Crippen LogP contribution in [0.3, 0.4) is 0 Å². The Hall–Kier alpha value is -3.26. The molecule has 0 spiro atoms. The molecule has 0 bridgehead atoms. The van der Waals surface area contributed by atoms with Crippen LogP contribution in [0.4, 0.5) is 11.4 Å². The summed E-state index contributed by atoms with van der Waals surface area (Å²) in [5, 5.41) is 24.6. The fraction of sp³-hybridized carbons (Fsp3) is 0.200. The van der Waals surface area contributed by atoms with Crippen molar-refractivity contribution in [3.8, 4) is 11.8 Å². The molecule has 0 saturated heterocycles. The van der Waals surface area contributed by atoms with Crippen LogP contribution in [0.15, 0.2) is 60.3 Å². The Morgan fingerprint density at radius 3 is 2.28 bits per heavy atom. The summed E-state index contributed by atoms with van der Waals surface area (Å²) in [6.07, 6.45) is 1.37. The Labute approximate surface area is 147 Å². The van der Waals surface area contributed by atoms with Crippen LogP contribution in [0.1, 0.15) is 26.3 Å². The SMILES string of the molecule is CC(C)(C)c1ccccc1N/C=C(/C#N)C(=O)Nc1ccccc1O. The lowest BCUT2D eigenvalue weighted by molar-refractivity contribution is -0.112. The number of amides is 1. The van der Waals surface area contributed by atoms with Crippen molar-refractivity contribution < 1.29 is 9.90 Å². The summed E-state index contributed by atoms with van der Waals surface area (Å²) >= 11 is 0. The van der Waals surface area contributed by atoms with Crippen LogP contribution in [0.25, 0.3) is 0 Å². The average Bonchev–Trinajstić information content (AvgIpc) is 2.57. The molecular weight excluding hydrogens is 314 g/mol. The van der Waals surface area contributed by atoms with Crippen LogP contribution in [-0.4, -0.2) is 11.0 Å². The van der Waals surface area contributed by atoms with E-state index in [1.807, 2.05) is 30.3 Å². The standard InChI is InChI=1S/C20H21N3O2/c1-20(2,3)15-8-4-5-9-16(15)22-13-14(12-21)19(25)23-17-10-6-7-11-18(17)24/h4-11,13,22,24H,1-3H3,(H,23,25)/b14-13-. The lowest BCUT2D eigenvalue weighted by atomic mass is 9.86. The number of hydrogen-bond donors (Lipinski definition) is 3. The van der Waals surface area contributed by atoms with E-state index in [0.29, 0.717) is 0 Å². The highest BCUT2D eigenvalue weighted by molar-refractivity contribution is 6.07. The molecule has 128 valence electrons. The van der Waals surface area contributed by atoms with E-state index in [2.05, 4.69) is 31.4 Å². The third kappa shape index (κ3) is 4.61. The molecule has 0 fully saturated rings. The quantitative estimate of drug-likeness (QED) is 0.445. The van der Waals surface area contributed by atoms with Gasteiger partial charge in [-0.25, -0.2) is 0 Å². The fourth-order valence-electron chi connectivity index (χ4n) is 2.33. The molecule has 5 nitrogen and oxygen atoms in total. The zero-order valence-electron chi connectivity index (χ0n) is 14.5. The van der Waals surface area contributed by atoms with E-state index in [4.69, 9.17) is 0 Å². The predicted octanol–water partition coefficient (Wildman–Crippen LogP) is 4.15. The smallest absolute Gasteiger partial charge is 0.267 e. The van der Waals surface area contributed by atoms with Gasteiger partial charge >= 0.3 is 0 Å². The van der Waals surface area contributed by atoms with Gasteiger partial charge in [-0.15, -0.1) is 0 Å². The molecule has 0 atom stereocenters. The molecule has 0 radical (unpaired) electrons. The van der Waals surface area contributed by atoms with Crippen molar-refractivity contribution in [3.05, 3.63) is 65.9 Å². The highest BCUT2D eigenvalue weighted by atomic mass is 16.3. The number of phenols is 1. The molecule has 2 aromatic rings. The monoisotopic (exact) mass is 335 g/mol. The molecule has 0 heterocycles. The van der Waals surface area contributed by atoms with Crippen molar-refractivity contribution in [3.63, 3.8) is 0 Å². The van der Waals surface area contributed by atoms with Crippen LogP contribution in [0, 0.1) is 11.3 Å². The number of anilines is 2. The molecular formula is C20H21N3O2. The maximum atomic E-state index is 12.2. The van der Waals surface area contributed by atoms with Crippen molar-refractivity contribution in [2.45, 2.75) is 26.2 Å². The number of nitrogens with zero attached hydrogens (tertiary/aromatic N) is 1. The summed E-state index contributed by atoms with van der Waals surface area (Å²) in [6.45, 7) is 6.27. The maximum absolute atomic E-state index is 12.2. The minimum Gasteiger partial charge on any atom is -0.506 e. The van der Waals surface area contributed by atoms with Gasteiger partial charge in [-0.3, -0.25) is 4.79 Å². The molecule has 2 rings (SSSR count). The second kappa shape index (κ2) is 7.54. The first kappa shape index (κ1) is 18.1. The Morgan fingerprint density at radius 1 is 1.08 bits per heavy atom. The van der Waals surface area contributed by atoms with Gasteiger partial charge in [0.15, 0.2) is 0 Å². The second-order valence-electron chi connectivity index (χ2n) is 6.58. The van der Waals surface area contributed by atoms with E-state index in [1.165, 1.54) is 12.3 Å². The molecule has 0 saturated carbocycles. The Kier molecular flexibility index (Phi) is 5.45. The summed E-state index contributed by atoms with van der Waals surface area (Å²) < 4.78 is 0. The van der Waals surface area contributed by atoms with E-state index in [1.54, 1.807) is 18.2 Å². The molecule has 0 aromatic heterocycles. The molecule has 2 aromatic carbocycles. The molecule has 3 N–H and O–H groups in total. The van der Waals surface area contributed by atoms with E-state index in [0.717, 1.165) is 11.3 Å². The van der Waals surface area contributed by atoms with E-state index < -0.39 is 5.91 Å². The van der Waals surface area contributed by atoms with Gasteiger partial charge in [0, 0.05) is 11.9 Å². The molecule has 1 amide bonds. The van der Waals surface area contributed by atoms with E-state index >= 15 is 0 Å². The normalized spacial score (nSPS) is 11.5. The van der Waals surface area contributed by atoms with Gasteiger partial charge in [0.2, 0.25) is 0 Å². The summed E-state index contributed by atoms with van der Waals surface area (Å²) in [4.78, 5) is 12.2. The van der Waals surface area contributed by atoms with Gasteiger partial charge in [-0.1, -0.05) is 51.1 Å². The first-order chi connectivity index (χ1) is 11.8. The number of para-hydroxylation sites is 3. The molecule has 0 unspecified atom stereocenters. The molecule has 25 heavy (non-hydrogen) atoms. The number of carbonyl (C=O) groups excluding carboxylic acids is 1. The molecule has 0 aliphatic heterocycles. The van der Waals surface area contributed by atoms with Crippen molar-refractivity contribution in [1.82, 2.24) is 0 Å². The van der Waals surface area contributed by atoms with Gasteiger partial charge in [-0.05, 0) is 29.2 Å². The number of phenolic OH excluding ortho intramolecular Hbond substituents is 1. The van der Waals surface area contributed by atoms with Gasteiger partial charge in [0.1, 0.15) is 17.4 Å². The topological polar surface area (TPSA) is 85.2 Å². The van der Waals surface area contributed by atoms with Crippen LogP contribution in [0.2, 0.25) is 0 Å².